The smallest absolute Gasteiger partial charge is 0.409 e. The van der Waals surface area contributed by atoms with Crippen LogP contribution in [0.4, 0.5) is 0 Å². The van der Waals surface area contributed by atoms with E-state index in [2.05, 4.69) is 11.1 Å². The minimum Gasteiger partial charge on any atom is -0.409 e. The van der Waals surface area contributed by atoms with Crippen molar-refractivity contribution < 1.29 is 23.7 Å². The summed E-state index contributed by atoms with van der Waals surface area (Å²) >= 11 is 0.873. The average Bonchev–Trinajstić information content (AvgIpc) is 1.79. The molecule has 0 aromatic carbocycles. The van der Waals surface area contributed by atoms with Crippen LogP contribution in [0, 0.1) is 0 Å². The van der Waals surface area contributed by atoms with Crippen LogP contribution in [0.2, 0.25) is 0 Å². The van der Waals surface area contributed by atoms with Gasteiger partial charge in [0, 0.05) is 6.92 Å². The molecule has 0 heterocycles. The number of phosphoric acid groups is 1. The third-order valence-corrected chi connectivity index (χ3v) is 2.05. The molecular formula is C5H9O5PS. The van der Waals surface area contributed by atoms with Gasteiger partial charge < -0.3 is 4.52 Å². The van der Waals surface area contributed by atoms with Crippen molar-refractivity contribution in [1.82, 2.24) is 0 Å². The summed E-state index contributed by atoms with van der Waals surface area (Å²) in [7, 11) is -4.51. The SMILES string of the molecule is C=C(CSC(C)=O)OP(=O)(O)O. The number of phosphoric ester groups is 1. The Morgan fingerprint density at radius 2 is 2.17 bits per heavy atom. The number of carbonyl (C=O) groups excluding carboxylic acids is 1. The van der Waals surface area contributed by atoms with Crippen molar-refractivity contribution in [2.24, 2.45) is 0 Å². The van der Waals surface area contributed by atoms with Gasteiger partial charge in [-0.15, -0.1) is 0 Å². The van der Waals surface area contributed by atoms with E-state index in [0.29, 0.717) is 0 Å². The summed E-state index contributed by atoms with van der Waals surface area (Å²) in [5.41, 5.74) is 0. The van der Waals surface area contributed by atoms with Gasteiger partial charge in [-0.2, -0.15) is 0 Å². The molecule has 0 radical (unpaired) electrons. The van der Waals surface area contributed by atoms with Gasteiger partial charge in [0.05, 0.1) is 5.75 Å². The van der Waals surface area contributed by atoms with Crippen LogP contribution >= 0.6 is 19.6 Å². The lowest BCUT2D eigenvalue weighted by atomic mass is 10.7. The van der Waals surface area contributed by atoms with Crippen molar-refractivity contribution in [2.75, 3.05) is 5.75 Å². The average molecular weight is 212 g/mol. The first-order chi connectivity index (χ1) is 5.31. The molecule has 70 valence electrons. The largest absolute Gasteiger partial charge is 0.524 e. The molecule has 0 aliphatic rings. The fraction of sp³-hybridized carbons (Fsp3) is 0.400. The summed E-state index contributed by atoms with van der Waals surface area (Å²) in [6.07, 6.45) is 0. The zero-order chi connectivity index (χ0) is 9.78. The summed E-state index contributed by atoms with van der Waals surface area (Å²) < 4.78 is 14.3. The first kappa shape index (κ1) is 11.7. The molecular weight excluding hydrogens is 203 g/mol. The molecule has 0 aromatic rings. The second-order valence-corrected chi connectivity index (χ2v) is 4.22. The Morgan fingerprint density at radius 1 is 1.67 bits per heavy atom. The monoisotopic (exact) mass is 212 g/mol. The Balaban J connectivity index is 3.76. The molecule has 5 nitrogen and oxygen atoms in total. The van der Waals surface area contributed by atoms with E-state index in [9.17, 15) is 9.36 Å². The molecule has 0 bridgehead atoms. The van der Waals surface area contributed by atoms with E-state index in [1.807, 2.05) is 0 Å². The minimum atomic E-state index is -4.51. The predicted molar refractivity (Wildman–Crippen MR) is 45.4 cm³/mol. The third-order valence-electron chi connectivity index (χ3n) is 0.684. The van der Waals surface area contributed by atoms with E-state index >= 15 is 0 Å². The van der Waals surface area contributed by atoms with Crippen molar-refractivity contribution in [3.8, 4) is 0 Å². The van der Waals surface area contributed by atoms with Crippen LogP contribution in [0.1, 0.15) is 6.92 Å². The van der Waals surface area contributed by atoms with Crippen molar-refractivity contribution in [3.63, 3.8) is 0 Å². The van der Waals surface area contributed by atoms with Crippen molar-refractivity contribution in [3.05, 3.63) is 12.3 Å². The fourth-order valence-corrected chi connectivity index (χ4v) is 1.29. The fourth-order valence-electron chi connectivity index (χ4n) is 0.377. The van der Waals surface area contributed by atoms with Gasteiger partial charge in [0.1, 0.15) is 5.76 Å². The molecule has 0 spiro atoms. The van der Waals surface area contributed by atoms with Crippen LogP contribution in [0.25, 0.3) is 0 Å². The third kappa shape index (κ3) is 7.81. The molecule has 0 rings (SSSR count). The second kappa shape index (κ2) is 4.67. The number of hydrogen-bond donors (Lipinski definition) is 2. The molecule has 0 aliphatic heterocycles. The Bertz CT molecular complexity index is 232. The molecule has 0 amide bonds. The molecule has 12 heavy (non-hydrogen) atoms. The summed E-state index contributed by atoms with van der Waals surface area (Å²) in [6, 6.07) is 0. The Kier molecular flexibility index (Phi) is 4.55. The van der Waals surface area contributed by atoms with Crippen LogP contribution in [-0.4, -0.2) is 20.7 Å². The van der Waals surface area contributed by atoms with Crippen molar-refractivity contribution in [2.45, 2.75) is 6.92 Å². The lowest BCUT2D eigenvalue weighted by Gasteiger charge is -2.07. The zero-order valence-corrected chi connectivity index (χ0v) is 8.10. The zero-order valence-electron chi connectivity index (χ0n) is 6.39. The van der Waals surface area contributed by atoms with Gasteiger partial charge in [-0.1, -0.05) is 18.3 Å². The minimum absolute atomic E-state index is 0.0560. The van der Waals surface area contributed by atoms with E-state index in [0.717, 1.165) is 11.8 Å². The Morgan fingerprint density at radius 3 is 2.50 bits per heavy atom. The van der Waals surface area contributed by atoms with Crippen LogP contribution < -0.4 is 0 Å². The summed E-state index contributed by atoms with van der Waals surface area (Å²) in [5, 5.41) is -0.162. The lowest BCUT2D eigenvalue weighted by molar-refractivity contribution is -0.109. The van der Waals surface area contributed by atoms with Gasteiger partial charge in [-0.05, 0) is 0 Å². The van der Waals surface area contributed by atoms with Crippen molar-refractivity contribution in [1.29, 1.82) is 0 Å². The van der Waals surface area contributed by atoms with Gasteiger partial charge in [0.25, 0.3) is 0 Å². The molecule has 0 aliphatic carbocycles. The summed E-state index contributed by atoms with van der Waals surface area (Å²) in [5.74, 6) is -0.0518. The Labute approximate surface area is 74.0 Å². The molecule has 0 saturated carbocycles. The maximum absolute atomic E-state index is 10.4. The molecule has 0 atom stereocenters. The molecule has 7 heteroatoms. The summed E-state index contributed by atoms with van der Waals surface area (Å²) in [6.45, 7) is 4.57. The van der Waals surface area contributed by atoms with Gasteiger partial charge >= 0.3 is 7.82 Å². The van der Waals surface area contributed by atoms with Gasteiger partial charge in [0.2, 0.25) is 0 Å². The van der Waals surface area contributed by atoms with Gasteiger partial charge in [-0.3, -0.25) is 14.6 Å². The normalized spacial score (nSPS) is 10.9. The lowest BCUT2D eigenvalue weighted by Crippen LogP contribution is -1.94. The highest BCUT2D eigenvalue weighted by molar-refractivity contribution is 8.13. The van der Waals surface area contributed by atoms with Crippen LogP contribution in [-0.2, 0) is 13.9 Å². The number of rotatable bonds is 4. The standard InChI is InChI=1S/C5H9O5PS/c1-4(3-12-5(2)6)10-11(7,8)9/h1,3H2,2H3,(H2,7,8,9). The first-order valence-electron chi connectivity index (χ1n) is 2.87. The van der Waals surface area contributed by atoms with E-state index < -0.39 is 7.82 Å². The molecule has 0 aromatic heterocycles. The maximum atomic E-state index is 10.4. The van der Waals surface area contributed by atoms with Crippen LogP contribution in [0.5, 0.6) is 0 Å². The Hall–Kier alpha value is -0.290. The highest BCUT2D eigenvalue weighted by Crippen LogP contribution is 2.38. The van der Waals surface area contributed by atoms with E-state index in [-0.39, 0.29) is 16.6 Å². The highest BCUT2D eigenvalue weighted by Gasteiger charge is 2.16. The van der Waals surface area contributed by atoms with Crippen LogP contribution in [0.3, 0.4) is 0 Å². The molecule has 0 fully saturated rings. The van der Waals surface area contributed by atoms with Crippen molar-refractivity contribution >= 4 is 24.7 Å². The van der Waals surface area contributed by atoms with Crippen LogP contribution in [0.15, 0.2) is 12.3 Å². The quantitative estimate of drug-likeness (QED) is 0.531. The number of hydrogen-bond acceptors (Lipinski definition) is 4. The number of carbonyl (C=O) groups is 1. The van der Waals surface area contributed by atoms with Gasteiger partial charge in [0.15, 0.2) is 5.12 Å². The highest BCUT2D eigenvalue weighted by atomic mass is 32.2. The second-order valence-electron chi connectivity index (χ2n) is 1.90. The molecule has 0 saturated heterocycles. The molecule has 0 unspecified atom stereocenters. The predicted octanol–water partition coefficient (Wildman–Crippen LogP) is 0.889. The van der Waals surface area contributed by atoms with Gasteiger partial charge in [-0.25, -0.2) is 4.57 Å². The van der Waals surface area contributed by atoms with E-state index in [1.54, 1.807) is 0 Å². The summed E-state index contributed by atoms with van der Waals surface area (Å²) in [4.78, 5) is 27.0. The first-order valence-corrected chi connectivity index (χ1v) is 5.39. The molecule has 2 N–H and O–H groups in total. The number of thioether (sulfide) groups is 1. The van der Waals surface area contributed by atoms with E-state index in [4.69, 9.17) is 9.79 Å². The topological polar surface area (TPSA) is 83.8 Å². The maximum Gasteiger partial charge on any atom is 0.524 e. The van der Waals surface area contributed by atoms with E-state index in [1.165, 1.54) is 6.92 Å².